The lowest BCUT2D eigenvalue weighted by Crippen LogP contribution is -2.32. The van der Waals surface area contributed by atoms with Crippen LogP contribution in [0.25, 0.3) is 10.9 Å². The molecular weight excluding hydrogens is 224 g/mol. The number of benzene rings is 1. The van der Waals surface area contributed by atoms with Crippen molar-refractivity contribution in [1.82, 2.24) is 10.3 Å². The van der Waals surface area contributed by atoms with Gasteiger partial charge in [0.2, 0.25) is 0 Å². The molecule has 2 rings (SSSR count). The third-order valence-electron chi connectivity index (χ3n) is 3.21. The van der Waals surface area contributed by atoms with E-state index in [9.17, 15) is 4.79 Å². The smallest absolute Gasteiger partial charge is 0.252 e. The highest BCUT2D eigenvalue weighted by Gasteiger charge is 2.12. The number of hydrogen-bond acceptors (Lipinski definition) is 1. The number of carbonyl (C=O) groups is 1. The number of rotatable bonds is 5. The van der Waals surface area contributed by atoms with Crippen molar-refractivity contribution >= 4 is 16.8 Å². The van der Waals surface area contributed by atoms with Crippen LogP contribution in [0.4, 0.5) is 0 Å². The summed E-state index contributed by atoms with van der Waals surface area (Å²) in [5, 5.41) is 4.04. The Morgan fingerprint density at radius 2 is 2.22 bits per heavy atom. The minimum atomic E-state index is 0.0174. The monoisotopic (exact) mass is 244 g/mol. The Bertz CT molecular complexity index is 530. The molecule has 0 saturated heterocycles. The Balaban J connectivity index is 2.11. The molecule has 2 aromatic rings. The first kappa shape index (κ1) is 12.7. The van der Waals surface area contributed by atoms with Gasteiger partial charge in [-0.3, -0.25) is 4.79 Å². The number of nitrogens with one attached hydrogen (secondary N) is 2. The Hall–Kier alpha value is -1.77. The summed E-state index contributed by atoms with van der Waals surface area (Å²) in [5.41, 5.74) is 1.75. The molecule has 1 unspecified atom stereocenters. The Morgan fingerprint density at radius 3 is 3.00 bits per heavy atom. The van der Waals surface area contributed by atoms with Crippen LogP contribution in [0.15, 0.2) is 30.5 Å². The summed E-state index contributed by atoms with van der Waals surface area (Å²) in [4.78, 5) is 15.3. The molecule has 0 saturated carbocycles. The highest BCUT2D eigenvalue weighted by Crippen LogP contribution is 2.17. The topological polar surface area (TPSA) is 44.9 Å². The van der Waals surface area contributed by atoms with E-state index in [0.29, 0.717) is 0 Å². The van der Waals surface area contributed by atoms with Gasteiger partial charge >= 0.3 is 0 Å². The molecular formula is C15H20N2O. The van der Waals surface area contributed by atoms with Crippen molar-refractivity contribution in [2.75, 3.05) is 0 Å². The van der Waals surface area contributed by atoms with Gasteiger partial charge in [-0.2, -0.15) is 0 Å². The number of amides is 1. The minimum absolute atomic E-state index is 0.0174. The largest absolute Gasteiger partial charge is 0.361 e. The van der Waals surface area contributed by atoms with Gasteiger partial charge in [0.25, 0.3) is 5.91 Å². The van der Waals surface area contributed by atoms with E-state index in [-0.39, 0.29) is 11.9 Å². The molecule has 0 spiro atoms. The molecule has 3 heteroatoms. The van der Waals surface area contributed by atoms with Crippen LogP contribution in [-0.2, 0) is 0 Å². The van der Waals surface area contributed by atoms with Crippen molar-refractivity contribution in [2.24, 2.45) is 0 Å². The second kappa shape index (κ2) is 5.71. The molecule has 1 aromatic carbocycles. The standard InChI is InChI=1S/C15H20N2O/c1-3-4-6-11(2)17-15(18)13-7-5-8-14-12(13)9-10-16-14/h5,7-11,16H,3-4,6H2,1-2H3,(H,17,18). The Kier molecular flexibility index (Phi) is 4.03. The van der Waals surface area contributed by atoms with Gasteiger partial charge in [-0.05, 0) is 31.5 Å². The second-order valence-corrected chi connectivity index (χ2v) is 4.76. The van der Waals surface area contributed by atoms with Crippen molar-refractivity contribution < 1.29 is 4.79 Å². The van der Waals surface area contributed by atoms with Crippen molar-refractivity contribution in [1.29, 1.82) is 0 Å². The maximum absolute atomic E-state index is 12.2. The Labute approximate surface area is 108 Å². The van der Waals surface area contributed by atoms with E-state index in [2.05, 4.69) is 24.1 Å². The lowest BCUT2D eigenvalue weighted by Gasteiger charge is -2.13. The number of carbonyl (C=O) groups excluding carboxylic acids is 1. The van der Waals surface area contributed by atoms with E-state index in [1.807, 2.05) is 30.5 Å². The number of unbranched alkanes of at least 4 members (excludes halogenated alkanes) is 1. The summed E-state index contributed by atoms with van der Waals surface area (Å²) < 4.78 is 0. The van der Waals surface area contributed by atoms with Gasteiger partial charge in [0.1, 0.15) is 0 Å². The summed E-state index contributed by atoms with van der Waals surface area (Å²) in [6, 6.07) is 7.93. The zero-order valence-electron chi connectivity index (χ0n) is 11.0. The fourth-order valence-corrected chi connectivity index (χ4v) is 2.17. The Morgan fingerprint density at radius 1 is 1.39 bits per heavy atom. The third kappa shape index (κ3) is 2.73. The molecule has 0 aliphatic rings. The zero-order valence-corrected chi connectivity index (χ0v) is 11.0. The first-order valence-corrected chi connectivity index (χ1v) is 6.59. The summed E-state index contributed by atoms with van der Waals surface area (Å²) in [6.07, 6.45) is 5.21. The molecule has 0 aliphatic carbocycles. The fraction of sp³-hybridized carbons (Fsp3) is 0.400. The first-order valence-electron chi connectivity index (χ1n) is 6.59. The van der Waals surface area contributed by atoms with Gasteiger partial charge in [-0.1, -0.05) is 25.8 Å². The SMILES string of the molecule is CCCCC(C)NC(=O)c1cccc2[nH]ccc12. The van der Waals surface area contributed by atoms with Crippen molar-refractivity contribution in [3.63, 3.8) is 0 Å². The first-order chi connectivity index (χ1) is 8.72. The highest BCUT2D eigenvalue weighted by atomic mass is 16.1. The molecule has 0 fully saturated rings. The zero-order chi connectivity index (χ0) is 13.0. The van der Waals surface area contributed by atoms with E-state index < -0.39 is 0 Å². The predicted octanol–water partition coefficient (Wildman–Crippen LogP) is 3.48. The molecule has 0 aliphatic heterocycles. The molecule has 1 aromatic heterocycles. The lowest BCUT2D eigenvalue weighted by molar-refractivity contribution is 0.0939. The number of fused-ring (bicyclic) bond motifs is 1. The summed E-state index contributed by atoms with van der Waals surface area (Å²) in [5.74, 6) is 0.0174. The van der Waals surface area contributed by atoms with Crippen LogP contribution >= 0.6 is 0 Å². The van der Waals surface area contributed by atoms with E-state index in [1.54, 1.807) is 0 Å². The van der Waals surface area contributed by atoms with Crippen LogP contribution in [0.1, 0.15) is 43.5 Å². The van der Waals surface area contributed by atoms with Gasteiger partial charge in [0, 0.05) is 28.7 Å². The van der Waals surface area contributed by atoms with Crippen molar-refractivity contribution in [3.05, 3.63) is 36.0 Å². The predicted molar refractivity (Wildman–Crippen MR) is 74.8 cm³/mol. The molecule has 1 atom stereocenters. The van der Waals surface area contributed by atoms with Crippen LogP contribution < -0.4 is 5.32 Å². The van der Waals surface area contributed by atoms with Gasteiger partial charge < -0.3 is 10.3 Å². The van der Waals surface area contributed by atoms with E-state index in [4.69, 9.17) is 0 Å². The number of aromatic nitrogens is 1. The second-order valence-electron chi connectivity index (χ2n) is 4.76. The van der Waals surface area contributed by atoms with Crippen LogP contribution in [0.3, 0.4) is 0 Å². The summed E-state index contributed by atoms with van der Waals surface area (Å²) in [6.45, 7) is 4.22. The minimum Gasteiger partial charge on any atom is -0.361 e. The maximum atomic E-state index is 12.2. The van der Waals surface area contributed by atoms with Crippen LogP contribution in [-0.4, -0.2) is 16.9 Å². The molecule has 96 valence electrons. The fourth-order valence-electron chi connectivity index (χ4n) is 2.17. The normalized spacial score (nSPS) is 12.6. The van der Waals surface area contributed by atoms with Gasteiger partial charge in [0.05, 0.1) is 0 Å². The van der Waals surface area contributed by atoms with E-state index in [1.165, 1.54) is 0 Å². The quantitative estimate of drug-likeness (QED) is 0.831. The van der Waals surface area contributed by atoms with Gasteiger partial charge in [-0.25, -0.2) is 0 Å². The molecule has 18 heavy (non-hydrogen) atoms. The summed E-state index contributed by atoms with van der Waals surface area (Å²) >= 11 is 0. The van der Waals surface area contributed by atoms with Gasteiger partial charge in [-0.15, -0.1) is 0 Å². The van der Waals surface area contributed by atoms with E-state index >= 15 is 0 Å². The maximum Gasteiger partial charge on any atom is 0.252 e. The molecule has 2 N–H and O–H groups in total. The molecule has 1 amide bonds. The number of H-pyrrole nitrogens is 1. The van der Waals surface area contributed by atoms with Crippen molar-refractivity contribution in [3.8, 4) is 0 Å². The highest BCUT2D eigenvalue weighted by molar-refractivity contribution is 6.06. The van der Waals surface area contributed by atoms with Crippen LogP contribution in [0.5, 0.6) is 0 Å². The molecule has 0 radical (unpaired) electrons. The third-order valence-corrected chi connectivity index (χ3v) is 3.21. The van der Waals surface area contributed by atoms with Gasteiger partial charge in [0.15, 0.2) is 0 Å². The summed E-state index contributed by atoms with van der Waals surface area (Å²) in [7, 11) is 0. The number of aromatic amines is 1. The number of hydrogen-bond donors (Lipinski definition) is 2. The molecule has 3 nitrogen and oxygen atoms in total. The average Bonchev–Trinajstić information content (AvgIpc) is 2.84. The lowest BCUT2D eigenvalue weighted by atomic mass is 10.1. The average molecular weight is 244 g/mol. The van der Waals surface area contributed by atoms with Crippen LogP contribution in [0.2, 0.25) is 0 Å². The van der Waals surface area contributed by atoms with Crippen molar-refractivity contribution in [2.45, 2.75) is 39.2 Å². The molecule has 1 heterocycles. The van der Waals surface area contributed by atoms with E-state index in [0.717, 1.165) is 35.7 Å². The van der Waals surface area contributed by atoms with Crippen LogP contribution in [0, 0.1) is 0 Å². The molecule has 0 bridgehead atoms.